The molecule has 0 heterocycles. The molecule has 0 unspecified atom stereocenters. The Morgan fingerprint density at radius 3 is 2.52 bits per heavy atom. The van der Waals surface area contributed by atoms with E-state index in [-0.39, 0.29) is 17.2 Å². The van der Waals surface area contributed by atoms with Gasteiger partial charge in [-0.25, -0.2) is 4.79 Å². The second kappa shape index (κ2) is 9.09. The molecule has 2 rings (SSSR count). The Kier molecular flexibility index (Phi) is 6.59. The summed E-state index contributed by atoms with van der Waals surface area (Å²) in [6, 6.07) is 11.9. The SMILES string of the molecule is CC(=O)c1cccc(NC(=O)COC(=O)COc2ccccc2[N+](=O)[O-])c1. The average Bonchev–Trinajstić information content (AvgIpc) is 2.65. The number of amides is 1. The van der Waals surface area contributed by atoms with Gasteiger partial charge in [-0.3, -0.25) is 19.7 Å². The first-order valence-corrected chi connectivity index (χ1v) is 7.79. The maximum Gasteiger partial charge on any atom is 0.344 e. The number of para-hydroxylation sites is 2. The van der Waals surface area contributed by atoms with Gasteiger partial charge >= 0.3 is 11.7 Å². The highest BCUT2D eigenvalue weighted by Gasteiger charge is 2.16. The number of nitro groups is 1. The molecule has 2 aromatic rings. The van der Waals surface area contributed by atoms with Crippen molar-refractivity contribution in [1.82, 2.24) is 0 Å². The van der Waals surface area contributed by atoms with Crippen LogP contribution in [0.2, 0.25) is 0 Å². The highest BCUT2D eigenvalue weighted by Crippen LogP contribution is 2.25. The van der Waals surface area contributed by atoms with Crippen LogP contribution >= 0.6 is 0 Å². The van der Waals surface area contributed by atoms with E-state index in [4.69, 9.17) is 9.47 Å². The van der Waals surface area contributed by atoms with E-state index < -0.39 is 30.0 Å². The van der Waals surface area contributed by atoms with Crippen LogP contribution in [0, 0.1) is 10.1 Å². The molecule has 9 nitrogen and oxygen atoms in total. The first kappa shape index (κ1) is 19.6. The molecule has 0 aliphatic heterocycles. The molecule has 9 heteroatoms. The third-order valence-electron chi connectivity index (χ3n) is 3.32. The summed E-state index contributed by atoms with van der Waals surface area (Å²) in [4.78, 5) is 45.0. The van der Waals surface area contributed by atoms with Gasteiger partial charge in [0.05, 0.1) is 4.92 Å². The van der Waals surface area contributed by atoms with Crippen molar-refractivity contribution in [2.75, 3.05) is 18.5 Å². The Morgan fingerprint density at radius 2 is 1.81 bits per heavy atom. The number of rotatable bonds is 8. The zero-order valence-electron chi connectivity index (χ0n) is 14.3. The van der Waals surface area contributed by atoms with Gasteiger partial charge in [-0.15, -0.1) is 0 Å². The summed E-state index contributed by atoms with van der Waals surface area (Å²) in [5.74, 6) is -1.69. The van der Waals surface area contributed by atoms with Gasteiger partial charge < -0.3 is 14.8 Å². The molecular formula is C18H16N2O7. The summed E-state index contributed by atoms with van der Waals surface area (Å²) in [6.07, 6.45) is 0. The summed E-state index contributed by atoms with van der Waals surface area (Å²) in [5.41, 5.74) is 0.538. The van der Waals surface area contributed by atoms with E-state index in [2.05, 4.69) is 5.32 Å². The fourth-order valence-corrected chi connectivity index (χ4v) is 2.07. The highest BCUT2D eigenvalue weighted by molar-refractivity contribution is 5.97. The molecule has 1 N–H and O–H groups in total. The van der Waals surface area contributed by atoms with Crippen molar-refractivity contribution in [2.45, 2.75) is 6.92 Å². The molecule has 0 saturated heterocycles. The molecule has 0 spiro atoms. The van der Waals surface area contributed by atoms with E-state index in [1.54, 1.807) is 18.2 Å². The van der Waals surface area contributed by atoms with Crippen molar-refractivity contribution in [3.8, 4) is 5.75 Å². The normalized spacial score (nSPS) is 9.96. The van der Waals surface area contributed by atoms with Gasteiger partial charge in [0.15, 0.2) is 24.7 Å². The number of hydrogen-bond donors (Lipinski definition) is 1. The minimum absolute atomic E-state index is 0.0788. The first-order chi connectivity index (χ1) is 12.9. The maximum atomic E-state index is 11.8. The molecule has 0 radical (unpaired) electrons. The van der Waals surface area contributed by atoms with Crippen molar-refractivity contribution in [1.29, 1.82) is 0 Å². The van der Waals surface area contributed by atoms with Crippen LogP contribution in [0.15, 0.2) is 48.5 Å². The van der Waals surface area contributed by atoms with Crippen LogP contribution in [0.3, 0.4) is 0 Å². The lowest BCUT2D eigenvalue weighted by Gasteiger charge is -2.08. The summed E-state index contributed by atoms with van der Waals surface area (Å²) in [5, 5.41) is 13.3. The number of nitro benzene ring substituents is 1. The van der Waals surface area contributed by atoms with Crippen LogP contribution in [0.25, 0.3) is 0 Å². The summed E-state index contributed by atoms with van der Waals surface area (Å²) >= 11 is 0. The van der Waals surface area contributed by atoms with Crippen LogP contribution in [0.4, 0.5) is 11.4 Å². The molecule has 0 aliphatic rings. The number of nitrogens with zero attached hydrogens (tertiary/aromatic N) is 1. The third kappa shape index (κ3) is 5.92. The summed E-state index contributed by atoms with van der Waals surface area (Å²) in [6.45, 7) is 0.251. The number of benzene rings is 2. The quantitative estimate of drug-likeness (QED) is 0.326. The van der Waals surface area contributed by atoms with Crippen molar-refractivity contribution < 1.29 is 28.8 Å². The fraction of sp³-hybridized carbons (Fsp3) is 0.167. The summed E-state index contributed by atoms with van der Waals surface area (Å²) in [7, 11) is 0. The molecule has 1 amide bonds. The molecule has 0 bridgehead atoms. The van der Waals surface area contributed by atoms with E-state index in [1.165, 1.54) is 37.3 Å². The van der Waals surface area contributed by atoms with E-state index in [9.17, 15) is 24.5 Å². The number of anilines is 1. The van der Waals surface area contributed by atoms with Crippen molar-refractivity contribution >= 4 is 29.0 Å². The molecular weight excluding hydrogens is 356 g/mol. The number of carbonyl (C=O) groups is 3. The molecule has 27 heavy (non-hydrogen) atoms. The second-order valence-electron chi connectivity index (χ2n) is 5.36. The first-order valence-electron chi connectivity index (χ1n) is 7.79. The standard InChI is InChI=1S/C18H16N2O7/c1-12(21)13-5-4-6-14(9-13)19-17(22)10-27-18(23)11-26-16-8-3-2-7-15(16)20(24)25/h2-9H,10-11H2,1H3,(H,19,22). The number of esters is 1. The van der Waals surface area contributed by atoms with Gasteiger partial charge in [-0.05, 0) is 25.1 Å². The van der Waals surface area contributed by atoms with Crippen LogP contribution < -0.4 is 10.1 Å². The number of Topliss-reactive ketones (excluding diaryl/α,β-unsaturated/α-hetero) is 1. The number of nitrogens with one attached hydrogen (secondary N) is 1. The van der Waals surface area contributed by atoms with E-state index >= 15 is 0 Å². The molecule has 0 fully saturated rings. The average molecular weight is 372 g/mol. The predicted molar refractivity (Wildman–Crippen MR) is 94.6 cm³/mol. The predicted octanol–water partition coefficient (Wildman–Crippen LogP) is 2.36. The smallest absolute Gasteiger partial charge is 0.344 e. The van der Waals surface area contributed by atoms with Gasteiger partial charge in [-0.1, -0.05) is 24.3 Å². The largest absolute Gasteiger partial charge is 0.475 e. The fourth-order valence-electron chi connectivity index (χ4n) is 2.07. The molecule has 0 saturated carbocycles. The lowest BCUT2D eigenvalue weighted by molar-refractivity contribution is -0.385. The van der Waals surface area contributed by atoms with E-state index in [1.807, 2.05) is 0 Å². The minimum Gasteiger partial charge on any atom is -0.475 e. The Hall–Kier alpha value is -3.75. The number of ether oxygens (including phenoxy) is 2. The number of ketones is 1. The molecule has 2 aromatic carbocycles. The van der Waals surface area contributed by atoms with Crippen molar-refractivity contribution in [3.05, 3.63) is 64.2 Å². The second-order valence-corrected chi connectivity index (χ2v) is 5.36. The van der Waals surface area contributed by atoms with Crippen LogP contribution in [-0.4, -0.2) is 35.8 Å². The minimum atomic E-state index is -0.860. The molecule has 140 valence electrons. The Balaban J connectivity index is 1.82. The summed E-state index contributed by atoms with van der Waals surface area (Å²) < 4.78 is 9.83. The van der Waals surface area contributed by atoms with Crippen LogP contribution in [0.5, 0.6) is 5.75 Å². The monoisotopic (exact) mass is 372 g/mol. The number of carbonyl (C=O) groups excluding carboxylic acids is 3. The zero-order chi connectivity index (χ0) is 19.8. The van der Waals surface area contributed by atoms with Crippen molar-refractivity contribution in [2.24, 2.45) is 0 Å². The maximum absolute atomic E-state index is 11.8. The van der Waals surface area contributed by atoms with Gasteiger partial charge in [-0.2, -0.15) is 0 Å². The Labute approximate surface area is 154 Å². The topological polar surface area (TPSA) is 125 Å². The third-order valence-corrected chi connectivity index (χ3v) is 3.32. The van der Waals surface area contributed by atoms with Crippen LogP contribution in [-0.2, 0) is 14.3 Å². The molecule has 0 aliphatic carbocycles. The van der Waals surface area contributed by atoms with Crippen LogP contribution in [0.1, 0.15) is 17.3 Å². The lowest BCUT2D eigenvalue weighted by Crippen LogP contribution is -2.23. The van der Waals surface area contributed by atoms with E-state index in [0.29, 0.717) is 11.3 Å². The van der Waals surface area contributed by atoms with E-state index in [0.717, 1.165) is 0 Å². The lowest BCUT2D eigenvalue weighted by atomic mass is 10.1. The van der Waals surface area contributed by atoms with Gasteiger partial charge in [0, 0.05) is 17.3 Å². The Morgan fingerprint density at radius 1 is 1.07 bits per heavy atom. The highest BCUT2D eigenvalue weighted by atomic mass is 16.6. The van der Waals surface area contributed by atoms with Gasteiger partial charge in [0.25, 0.3) is 5.91 Å². The van der Waals surface area contributed by atoms with Crippen molar-refractivity contribution in [3.63, 3.8) is 0 Å². The van der Waals surface area contributed by atoms with Gasteiger partial charge in [0.1, 0.15) is 0 Å². The number of hydrogen-bond acceptors (Lipinski definition) is 7. The van der Waals surface area contributed by atoms with Gasteiger partial charge in [0.2, 0.25) is 0 Å². The molecule has 0 aromatic heterocycles. The Bertz CT molecular complexity index is 880. The molecule has 0 atom stereocenters. The zero-order valence-corrected chi connectivity index (χ0v) is 14.3.